The van der Waals surface area contributed by atoms with Gasteiger partial charge < -0.3 is 5.32 Å². The van der Waals surface area contributed by atoms with Gasteiger partial charge in [0.1, 0.15) is 5.69 Å². The summed E-state index contributed by atoms with van der Waals surface area (Å²) in [5.41, 5.74) is 3.41. The van der Waals surface area contributed by atoms with Gasteiger partial charge in [-0.3, -0.25) is 9.48 Å². The van der Waals surface area contributed by atoms with Crippen molar-refractivity contribution in [3.8, 4) is 0 Å². The van der Waals surface area contributed by atoms with E-state index < -0.39 is 18.0 Å². The predicted octanol–water partition coefficient (Wildman–Crippen LogP) is 4.88. The largest absolute Gasteiger partial charge is 0.352 e. The molecule has 0 aliphatic heterocycles. The van der Waals surface area contributed by atoms with Crippen LogP contribution in [0.1, 0.15) is 58.4 Å². The zero-order valence-corrected chi connectivity index (χ0v) is 16.9. The van der Waals surface area contributed by atoms with E-state index >= 15 is 0 Å². The number of benzene rings is 1. The molecule has 0 radical (unpaired) electrons. The molecule has 1 N–H and O–H groups in total. The third-order valence-electron chi connectivity index (χ3n) is 4.36. The van der Waals surface area contributed by atoms with E-state index in [1.54, 1.807) is 0 Å². The maximum atomic E-state index is 12.9. The highest BCUT2D eigenvalue weighted by atomic mass is 79.9. The first-order valence-corrected chi connectivity index (χ1v) is 9.44. The van der Waals surface area contributed by atoms with Crippen LogP contribution >= 0.6 is 15.9 Å². The average Bonchev–Trinajstić information content (AvgIpc) is 2.94. The molecule has 1 aromatic heterocycles. The van der Waals surface area contributed by atoms with Crippen molar-refractivity contribution in [2.45, 2.75) is 46.0 Å². The highest BCUT2D eigenvalue weighted by molar-refractivity contribution is 9.10. The molecular weight excluding hydrogens is 404 g/mol. The van der Waals surface area contributed by atoms with Crippen LogP contribution < -0.4 is 5.32 Å². The molecule has 0 atom stereocenters. The Bertz CT molecular complexity index is 751. The van der Waals surface area contributed by atoms with Crippen LogP contribution in [0.3, 0.4) is 0 Å². The summed E-state index contributed by atoms with van der Waals surface area (Å²) < 4.78 is 28.1. The molecule has 7 heteroatoms. The molecule has 142 valence electrons. The van der Waals surface area contributed by atoms with Crippen LogP contribution in [-0.4, -0.2) is 22.2 Å². The maximum Gasteiger partial charge on any atom is 0.282 e. The van der Waals surface area contributed by atoms with Crippen molar-refractivity contribution in [1.29, 1.82) is 0 Å². The molecule has 2 aromatic rings. The molecule has 26 heavy (non-hydrogen) atoms. The smallest absolute Gasteiger partial charge is 0.282 e. The van der Waals surface area contributed by atoms with Crippen LogP contribution in [0.2, 0.25) is 0 Å². The zero-order chi connectivity index (χ0) is 19.3. The summed E-state index contributed by atoms with van der Waals surface area (Å²) >= 11 is 3.50. The number of hydrogen-bond donors (Lipinski definition) is 1. The van der Waals surface area contributed by atoms with Gasteiger partial charge in [-0.2, -0.15) is 5.10 Å². The second-order valence-corrected chi connectivity index (χ2v) is 7.40. The fraction of sp³-hybridized carbons (Fsp3) is 0.474. The van der Waals surface area contributed by atoms with E-state index in [9.17, 15) is 13.6 Å². The number of halogens is 3. The Morgan fingerprint density at radius 3 is 2.50 bits per heavy atom. The van der Waals surface area contributed by atoms with Gasteiger partial charge in [0, 0.05) is 24.3 Å². The maximum absolute atomic E-state index is 12.9. The number of amides is 1. The van der Waals surface area contributed by atoms with Crippen molar-refractivity contribution in [2.75, 3.05) is 6.54 Å². The van der Waals surface area contributed by atoms with Crippen LogP contribution in [0, 0.1) is 13.8 Å². The van der Waals surface area contributed by atoms with Crippen LogP contribution in [0.25, 0.3) is 0 Å². The van der Waals surface area contributed by atoms with Crippen molar-refractivity contribution >= 4 is 21.8 Å². The van der Waals surface area contributed by atoms with Crippen LogP contribution in [-0.2, 0) is 13.5 Å². The van der Waals surface area contributed by atoms with E-state index in [1.807, 2.05) is 0 Å². The summed E-state index contributed by atoms with van der Waals surface area (Å²) in [4.78, 5) is 12.1. The lowest BCUT2D eigenvalue weighted by Gasteiger charge is -2.11. The Balaban J connectivity index is 1.75. The third-order valence-corrected chi connectivity index (χ3v) is 4.82. The summed E-state index contributed by atoms with van der Waals surface area (Å²) in [6.45, 7) is 4.69. The molecule has 1 aromatic carbocycles. The zero-order valence-electron chi connectivity index (χ0n) is 15.3. The minimum Gasteiger partial charge on any atom is -0.352 e. The second-order valence-electron chi connectivity index (χ2n) is 6.49. The number of carbonyl (C=O) groups is 1. The van der Waals surface area contributed by atoms with Crippen molar-refractivity contribution in [1.82, 2.24) is 15.1 Å². The topological polar surface area (TPSA) is 46.9 Å². The number of nitrogens with one attached hydrogen (secondary N) is 1. The molecule has 0 bridgehead atoms. The molecule has 4 nitrogen and oxygen atoms in total. The van der Waals surface area contributed by atoms with E-state index in [-0.39, 0.29) is 5.56 Å². The minimum absolute atomic E-state index is 0.0522. The quantitative estimate of drug-likeness (QED) is 0.610. The molecule has 0 saturated carbocycles. The molecular formula is C19H24BrF2N3O. The molecule has 0 aliphatic rings. The summed E-state index contributed by atoms with van der Waals surface area (Å²) in [7, 11) is 1.52. The Kier molecular flexibility index (Phi) is 7.32. The lowest BCUT2D eigenvalue weighted by Crippen LogP contribution is -2.25. The first kappa shape index (κ1) is 20.6. The molecule has 0 unspecified atom stereocenters. The Morgan fingerprint density at radius 2 is 1.88 bits per heavy atom. The molecule has 1 heterocycles. The molecule has 0 spiro atoms. The van der Waals surface area contributed by atoms with E-state index in [1.165, 1.54) is 34.6 Å². The van der Waals surface area contributed by atoms with E-state index in [2.05, 4.69) is 52.3 Å². The molecule has 0 saturated heterocycles. The van der Waals surface area contributed by atoms with E-state index in [0.29, 0.717) is 6.54 Å². The molecule has 0 aliphatic carbocycles. The molecule has 0 fully saturated rings. The van der Waals surface area contributed by atoms with Gasteiger partial charge >= 0.3 is 0 Å². The van der Waals surface area contributed by atoms with Gasteiger partial charge in [0.2, 0.25) is 0 Å². The first-order valence-electron chi connectivity index (χ1n) is 8.65. The van der Waals surface area contributed by atoms with Gasteiger partial charge in [-0.1, -0.05) is 22.4 Å². The standard InChI is InChI=1S/C19H24BrF2N3O/c1-12-9-14(20)10-13(2)15(12)7-5-4-6-8-23-19(26)16-11-25(3)24-17(16)18(21)22/h9-11,18H,4-8H2,1-3H3,(H,23,26). The number of aryl methyl sites for hydroxylation is 3. The van der Waals surface area contributed by atoms with Crippen molar-refractivity contribution < 1.29 is 13.6 Å². The summed E-state index contributed by atoms with van der Waals surface area (Å²) in [6.07, 6.45) is 2.37. The van der Waals surface area contributed by atoms with Gasteiger partial charge in [0.15, 0.2) is 0 Å². The lowest BCUT2D eigenvalue weighted by atomic mass is 9.97. The lowest BCUT2D eigenvalue weighted by molar-refractivity contribution is 0.0938. The first-order chi connectivity index (χ1) is 12.3. The number of unbranched alkanes of at least 4 members (excludes halogenated alkanes) is 2. The Morgan fingerprint density at radius 1 is 1.23 bits per heavy atom. The summed E-state index contributed by atoms with van der Waals surface area (Å²) in [6, 6.07) is 4.24. The van der Waals surface area contributed by atoms with Crippen molar-refractivity contribution in [3.63, 3.8) is 0 Å². The minimum atomic E-state index is -2.76. The Labute approximate surface area is 161 Å². The van der Waals surface area contributed by atoms with Crippen LogP contribution in [0.4, 0.5) is 8.78 Å². The molecule has 1 amide bonds. The highest BCUT2D eigenvalue weighted by Crippen LogP contribution is 2.23. The Hall–Kier alpha value is -1.76. The molecule has 2 rings (SSSR count). The number of hydrogen-bond acceptors (Lipinski definition) is 2. The average molecular weight is 428 g/mol. The number of nitrogens with zero attached hydrogens (tertiary/aromatic N) is 2. The predicted molar refractivity (Wildman–Crippen MR) is 102 cm³/mol. The van der Waals surface area contributed by atoms with Gasteiger partial charge in [0.05, 0.1) is 5.56 Å². The monoisotopic (exact) mass is 427 g/mol. The van der Waals surface area contributed by atoms with Gasteiger partial charge in [0.25, 0.3) is 12.3 Å². The number of aromatic nitrogens is 2. The van der Waals surface area contributed by atoms with Crippen LogP contribution in [0.15, 0.2) is 22.8 Å². The van der Waals surface area contributed by atoms with E-state index in [0.717, 1.165) is 30.2 Å². The fourth-order valence-corrected chi connectivity index (χ4v) is 3.76. The number of carbonyl (C=O) groups excluding carboxylic acids is 1. The van der Waals surface area contributed by atoms with Gasteiger partial charge in [-0.05, 0) is 61.9 Å². The van der Waals surface area contributed by atoms with Gasteiger partial charge in [-0.15, -0.1) is 0 Å². The normalized spacial score (nSPS) is 11.2. The number of rotatable bonds is 8. The van der Waals surface area contributed by atoms with Gasteiger partial charge in [-0.25, -0.2) is 8.78 Å². The second kappa shape index (κ2) is 9.26. The number of alkyl halides is 2. The fourth-order valence-electron chi connectivity index (χ4n) is 3.08. The van der Waals surface area contributed by atoms with Crippen molar-refractivity contribution in [3.05, 3.63) is 50.8 Å². The summed E-state index contributed by atoms with van der Waals surface area (Å²) in [5, 5.41) is 6.35. The van der Waals surface area contributed by atoms with Crippen LogP contribution in [0.5, 0.6) is 0 Å². The van der Waals surface area contributed by atoms with E-state index in [4.69, 9.17) is 0 Å². The summed E-state index contributed by atoms with van der Waals surface area (Å²) in [5.74, 6) is -0.493. The SMILES string of the molecule is Cc1cc(Br)cc(C)c1CCCCCNC(=O)c1cn(C)nc1C(F)F. The highest BCUT2D eigenvalue weighted by Gasteiger charge is 2.22. The van der Waals surface area contributed by atoms with Crippen molar-refractivity contribution in [2.24, 2.45) is 7.05 Å². The third kappa shape index (κ3) is 5.37.